The lowest BCUT2D eigenvalue weighted by Crippen LogP contribution is -2.18. The first-order valence-electron chi connectivity index (χ1n) is 6.21. The van der Waals surface area contributed by atoms with Crippen LogP contribution in [0.4, 0.5) is 0 Å². The van der Waals surface area contributed by atoms with E-state index in [9.17, 15) is 4.79 Å². The Hall–Kier alpha value is -0.750. The maximum absolute atomic E-state index is 11.5. The molecule has 17 heavy (non-hydrogen) atoms. The Balaban J connectivity index is 1.92. The van der Waals surface area contributed by atoms with Gasteiger partial charge in [0, 0.05) is 18.9 Å². The predicted molar refractivity (Wildman–Crippen MR) is 67.5 cm³/mol. The van der Waals surface area contributed by atoms with Gasteiger partial charge in [-0.05, 0) is 19.3 Å². The number of hydrogen-bond acceptors (Lipinski definition) is 4. The quantitative estimate of drug-likeness (QED) is 0.787. The fourth-order valence-electron chi connectivity index (χ4n) is 1.87. The molecule has 0 spiro atoms. The number of H-pyrrole nitrogens is 1. The fourth-order valence-corrected chi connectivity index (χ4v) is 2.91. The first-order chi connectivity index (χ1) is 8.31. The number of nitrogens with one attached hydrogen (secondary N) is 1. The molecule has 1 aromatic heterocycles. The second-order valence-corrected chi connectivity index (χ2v) is 5.25. The van der Waals surface area contributed by atoms with Crippen LogP contribution in [0.2, 0.25) is 0 Å². The molecule has 1 aliphatic heterocycles. The summed E-state index contributed by atoms with van der Waals surface area (Å²) in [5, 5.41) is 7.37. The van der Waals surface area contributed by atoms with Gasteiger partial charge >= 0.3 is 5.69 Å². The summed E-state index contributed by atoms with van der Waals surface area (Å²) in [6.07, 6.45) is 4.68. The summed E-state index contributed by atoms with van der Waals surface area (Å²) in [5.74, 6) is 0.885. The number of rotatable bonds is 6. The first-order valence-corrected chi connectivity index (χ1v) is 7.19. The molecule has 0 radical (unpaired) electrons. The molecule has 6 heteroatoms. The number of nitrogens with zero attached hydrogens (tertiary/aromatic N) is 2. The normalized spacial score (nSPS) is 19.9. The van der Waals surface area contributed by atoms with E-state index in [2.05, 4.69) is 17.1 Å². The molecular formula is C11H19N3O2S. The number of aromatic amines is 1. The van der Waals surface area contributed by atoms with E-state index in [1.165, 1.54) is 0 Å². The van der Waals surface area contributed by atoms with Crippen molar-refractivity contribution in [2.45, 2.75) is 50.4 Å². The zero-order valence-corrected chi connectivity index (χ0v) is 11.0. The summed E-state index contributed by atoms with van der Waals surface area (Å²) in [6.45, 7) is 3.73. The average molecular weight is 257 g/mol. The number of ether oxygens (including phenoxy) is 1. The molecule has 1 fully saturated rings. The van der Waals surface area contributed by atoms with E-state index in [0.29, 0.717) is 6.10 Å². The highest BCUT2D eigenvalue weighted by molar-refractivity contribution is 7.99. The van der Waals surface area contributed by atoms with Gasteiger partial charge in [0.15, 0.2) is 5.16 Å². The molecule has 0 amide bonds. The van der Waals surface area contributed by atoms with Crippen LogP contribution in [0.25, 0.3) is 0 Å². The Labute approximate surface area is 105 Å². The second kappa shape index (κ2) is 6.26. The molecule has 1 N–H and O–H groups in total. The third kappa shape index (κ3) is 3.35. The van der Waals surface area contributed by atoms with Gasteiger partial charge in [0.25, 0.3) is 0 Å². The van der Waals surface area contributed by atoms with E-state index in [-0.39, 0.29) is 5.69 Å². The first kappa shape index (κ1) is 12.7. The molecule has 0 bridgehead atoms. The van der Waals surface area contributed by atoms with Gasteiger partial charge < -0.3 is 4.74 Å². The van der Waals surface area contributed by atoms with Crippen LogP contribution < -0.4 is 5.69 Å². The highest BCUT2D eigenvalue weighted by Crippen LogP contribution is 2.21. The Morgan fingerprint density at radius 1 is 1.65 bits per heavy atom. The third-order valence-electron chi connectivity index (χ3n) is 2.88. The van der Waals surface area contributed by atoms with E-state index in [1.807, 2.05) is 0 Å². The van der Waals surface area contributed by atoms with Crippen LogP contribution in [0.3, 0.4) is 0 Å². The van der Waals surface area contributed by atoms with Gasteiger partial charge in [0.2, 0.25) is 0 Å². The monoisotopic (exact) mass is 257 g/mol. The third-order valence-corrected chi connectivity index (χ3v) is 3.99. The van der Waals surface area contributed by atoms with E-state index < -0.39 is 0 Å². The van der Waals surface area contributed by atoms with Gasteiger partial charge in [0.1, 0.15) is 0 Å². The Bertz CT molecular complexity index is 396. The Morgan fingerprint density at radius 3 is 3.24 bits per heavy atom. The van der Waals surface area contributed by atoms with Gasteiger partial charge in [-0.15, -0.1) is 5.10 Å². The molecule has 1 saturated heterocycles. The lowest BCUT2D eigenvalue weighted by Gasteiger charge is -2.08. The summed E-state index contributed by atoms with van der Waals surface area (Å²) < 4.78 is 7.28. The summed E-state index contributed by atoms with van der Waals surface area (Å²) in [4.78, 5) is 11.5. The predicted octanol–water partition coefficient (Wildman–Crippen LogP) is 1.64. The fraction of sp³-hybridized carbons (Fsp3) is 0.818. The molecule has 1 aliphatic rings. The van der Waals surface area contributed by atoms with Crippen molar-refractivity contribution in [2.75, 3.05) is 12.4 Å². The van der Waals surface area contributed by atoms with Crippen molar-refractivity contribution in [2.24, 2.45) is 0 Å². The van der Waals surface area contributed by atoms with Crippen LogP contribution in [0.15, 0.2) is 9.95 Å². The number of hydrogen-bond donors (Lipinski definition) is 1. The van der Waals surface area contributed by atoms with E-state index >= 15 is 0 Å². The molecule has 0 aliphatic carbocycles. The lowest BCUT2D eigenvalue weighted by atomic mass is 10.3. The van der Waals surface area contributed by atoms with Gasteiger partial charge in [-0.1, -0.05) is 25.1 Å². The maximum atomic E-state index is 11.5. The smallest absolute Gasteiger partial charge is 0.343 e. The second-order valence-electron chi connectivity index (χ2n) is 4.26. The van der Waals surface area contributed by atoms with Crippen LogP contribution in [0.1, 0.15) is 32.6 Å². The van der Waals surface area contributed by atoms with Crippen molar-refractivity contribution >= 4 is 11.8 Å². The minimum atomic E-state index is -0.103. The van der Waals surface area contributed by atoms with Crippen LogP contribution in [-0.2, 0) is 11.3 Å². The zero-order chi connectivity index (χ0) is 12.1. The lowest BCUT2D eigenvalue weighted by molar-refractivity contribution is 0.129. The largest absolute Gasteiger partial charge is 0.377 e. The number of aromatic nitrogens is 3. The van der Waals surface area contributed by atoms with Crippen LogP contribution in [0, 0.1) is 0 Å². The minimum absolute atomic E-state index is 0.103. The Morgan fingerprint density at radius 2 is 2.53 bits per heavy atom. The van der Waals surface area contributed by atoms with Gasteiger partial charge in [-0.3, -0.25) is 4.57 Å². The van der Waals surface area contributed by atoms with Crippen LogP contribution in [0.5, 0.6) is 0 Å². The van der Waals surface area contributed by atoms with Gasteiger partial charge in [0.05, 0.1) is 6.10 Å². The summed E-state index contributed by atoms with van der Waals surface area (Å²) in [6, 6.07) is 0. The maximum Gasteiger partial charge on any atom is 0.343 e. The highest BCUT2D eigenvalue weighted by Gasteiger charge is 2.17. The molecule has 96 valence electrons. The molecule has 0 aromatic carbocycles. The summed E-state index contributed by atoms with van der Waals surface area (Å²) in [5.41, 5.74) is -0.103. The topological polar surface area (TPSA) is 59.9 Å². The zero-order valence-electron chi connectivity index (χ0n) is 10.1. The number of thioether (sulfide) groups is 1. The van der Waals surface area contributed by atoms with Gasteiger partial charge in [-0.2, -0.15) is 0 Å². The van der Waals surface area contributed by atoms with E-state index in [4.69, 9.17) is 4.74 Å². The standard InChI is InChI=1S/C11H19N3O2S/c1-2-3-6-14-10(15)12-13-11(14)17-8-9-5-4-7-16-9/h9H,2-8H2,1H3,(H,12,15). The number of unbranched alkanes of at least 4 members (excludes halogenated alkanes) is 1. The van der Waals surface area contributed by atoms with Gasteiger partial charge in [-0.25, -0.2) is 9.89 Å². The van der Waals surface area contributed by atoms with Crippen molar-refractivity contribution in [3.63, 3.8) is 0 Å². The molecule has 5 nitrogen and oxygen atoms in total. The van der Waals surface area contributed by atoms with Crippen molar-refractivity contribution < 1.29 is 4.74 Å². The van der Waals surface area contributed by atoms with Crippen LogP contribution in [-0.4, -0.2) is 33.2 Å². The van der Waals surface area contributed by atoms with E-state index in [0.717, 1.165) is 49.7 Å². The summed E-state index contributed by atoms with van der Waals surface area (Å²) >= 11 is 1.61. The van der Waals surface area contributed by atoms with Crippen molar-refractivity contribution in [1.29, 1.82) is 0 Å². The summed E-state index contributed by atoms with van der Waals surface area (Å²) in [7, 11) is 0. The van der Waals surface area contributed by atoms with Crippen LogP contribution >= 0.6 is 11.8 Å². The van der Waals surface area contributed by atoms with Crippen molar-refractivity contribution in [1.82, 2.24) is 14.8 Å². The van der Waals surface area contributed by atoms with Crippen molar-refractivity contribution in [3.05, 3.63) is 10.5 Å². The molecular weight excluding hydrogens is 238 g/mol. The SMILES string of the molecule is CCCCn1c(SCC2CCCO2)n[nH]c1=O. The molecule has 1 atom stereocenters. The molecule has 1 aromatic rings. The molecule has 2 heterocycles. The average Bonchev–Trinajstić information content (AvgIpc) is 2.94. The highest BCUT2D eigenvalue weighted by atomic mass is 32.2. The molecule has 1 unspecified atom stereocenters. The van der Waals surface area contributed by atoms with Crippen molar-refractivity contribution in [3.8, 4) is 0 Å². The van der Waals surface area contributed by atoms with E-state index in [1.54, 1.807) is 16.3 Å². The molecule has 2 rings (SSSR count). The Kier molecular flexibility index (Phi) is 4.67. The molecule has 0 saturated carbocycles. The minimum Gasteiger partial charge on any atom is -0.377 e.